The summed E-state index contributed by atoms with van der Waals surface area (Å²) < 4.78 is 0. The number of tetrazole rings is 1. The molecule has 3 rings (SSSR count). The summed E-state index contributed by atoms with van der Waals surface area (Å²) in [7, 11) is 1.77. The molecule has 1 aromatic heterocycles. The van der Waals surface area contributed by atoms with Gasteiger partial charge in [0, 0.05) is 26.2 Å². The molecule has 0 radical (unpaired) electrons. The van der Waals surface area contributed by atoms with E-state index >= 15 is 0 Å². The maximum absolute atomic E-state index is 8.93. The molecular weight excluding hydrogens is 266 g/mol. The molecule has 0 saturated carbocycles. The minimum Gasteiger partial charge on any atom is -0.314 e. The zero-order valence-corrected chi connectivity index (χ0v) is 11.9. The number of nitrogens with zero attached hydrogens (tertiary/aromatic N) is 6. The average molecular weight is 283 g/mol. The zero-order chi connectivity index (χ0) is 14.7. The third-order valence-electron chi connectivity index (χ3n) is 3.64. The van der Waals surface area contributed by atoms with Gasteiger partial charge >= 0.3 is 0 Å². The van der Waals surface area contributed by atoms with Crippen molar-refractivity contribution in [3.63, 3.8) is 0 Å². The topological polar surface area (TPSA) is 82.7 Å². The van der Waals surface area contributed by atoms with Crippen LogP contribution in [0.5, 0.6) is 0 Å². The number of aromatic nitrogens is 4. The van der Waals surface area contributed by atoms with Crippen LogP contribution in [0.15, 0.2) is 24.3 Å². The maximum Gasteiger partial charge on any atom is 0.196 e. The highest BCUT2D eigenvalue weighted by Crippen LogP contribution is 2.26. The second kappa shape index (κ2) is 5.99. The Labute approximate surface area is 123 Å². The van der Waals surface area contributed by atoms with Gasteiger partial charge in [-0.05, 0) is 22.9 Å². The molecule has 1 unspecified atom stereocenters. The van der Waals surface area contributed by atoms with E-state index in [1.807, 2.05) is 24.3 Å². The van der Waals surface area contributed by atoms with Crippen molar-refractivity contribution in [3.05, 3.63) is 41.2 Å². The van der Waals surface area contributed by atoms with Crippen molar-refractivity contribution in [1.82, 2.24) is 30.4 Å². The van der Waals surface area contributed by atoms with Gasteiger partial charge in [0.1, 0.15) is 0 Å². The number of piperazine rings is 1. The normalized spacial score (nSPS) is 17.3. The van der Waals surface area contributed by atoms with E-state index in [2.05, 4.69) is 31.7 Å². The van der Waals surface area contributed by atoms with Gasteiger partial charge in [0.2, 0.25) is 0 Å². The monoisotopic (exact) mass is 283 g/mol. The first kappa shape index (κ1) is 13.7. The largest absolute Gasteiger partial charge is 0.314 e. The fraction of sp³-hybridized carbons (Fsp3) is 0.429. The molecule has 108 valence electrons. The van der Waals surface area contributed by atoms with Crippen LogP contribution in [0.3, 0.4) is 0 Å². The first-order valence-corrected chi connectivity index (χ1v) is 6.96. The quantitative estimate of drug-likeness (QED) is 0.859. The third kappa shape index (κ3) is 2.91. The van der Waals surface area contributed by atoms with Crippen molar-refractivity contribution in [2.24, 2.45) is 7.05 Å². The van der Waals surface area contributed by atoms with Gasteiger partial charge < -0.3 is 5.32 Å². The molecule has 2 heterocycles. The number of rotatable bonds is 3. The number of nitriles is 1. The summed E-state index contributed by atoms with van der Waals surface area (Å²) in [5.74, 6) is 0.698. The number of nitrogens with one attached hydrogen (secondary N) is 1. The average Bonchev–Trinajstić information content (AvgIpc) is 2.95. The van der Waals surface area contributed by atoms with E-state index in [0.29, 0.717) is 11.4 Å². The van der Waals surface area contributed by atoms with E-state index in [1.54, 1.807) is 7.05 Å². The molecule has 0 bridgehead atoms. The summed E-state index contributed by atoms with van der Waals surface area (Å²) in [5.41, 5.74) is 1.74. The van der Waals surface area contributed by atoms with Crippen molar-refractivity contribution in [1.29, 1.82) is 5.26 Å². The minimum atomic E-state index is -0.0199. The first-order valence-electron chi connectivity index (χ1n) is 6.96. The molecular formula is C14H17N7. The Morgan fingerprint density at radius 3 is 2.52 bits per heavy atom. The van der Waals surface area contributed by atoms with Crippen LogP contribution < -0.4 is 5.32 Å². The van der Waals surface area contributed by atoms with Crippen molar-refractivity contribution in [2.75, 3.05) is 26.2 Å². The van der Waals surface area contributed by atoms with E-state index < -0.39 is 0 Å². The lowest BCUT2D eigenvalue weighted by atomic mass is 10.0. The predicted molar refractivity (Wildman–Crippen MR) is 76.2 cm³/mol. The van der Waals surface area contributed by atoms with Gasteiger partial charge in [0.15, 0.2) is 5.82 Å². The van der Waals surface area contributed by atoms with Crippen LogP contribution in [0.25, 0.3) is 0 Å². The van der Waals surface area contributed by atoms with Crippen molar-refractivity contribution in [3.8, 4) is 6.07 Å². The lowest BCUT2D eigenvalue weighted by Crippen LogP contribution is -2.45. The molecule has 7 heteroatoms. The van der Waals surface area contributed by atoms with Crippen LogP contribution in [0.2, 0.25) is 0 Å². The smallest absolute Gasteiger partial charge is 0.196 e. The van der Waals surface area contributed by atoms with Crippen LogP contribution in [-0.4, -0.2) is 51.3 Å². The molecule has 1 fully saturated rings. The second-order valence-corrected chi connectivity index (χ2v) is 5.06. The van der Waals surface area contributed by atoms with Crippen LogP contribution in [0.4, 0.5) is 0 Å². The summed E-state index contributed by atoms with van der Waals surface area (Å²) in [5, 5.41) is 24.8. The molecule has 21 heavy (non-hydrogen) atoms. The van der Waals surface area contributed by atoms with E-state index in [9.17, 15) is 0 Å². The summed E-state index contributed by atoms with van der Waals surface area (Å²) in [6, 6.07) is 9.74. The van der Waals surface area contributed by atoms with Crippen LogP contribution >= 0.6 is 0 Å². The molecule has 1 atom stereocenters. The summed E-state index contributed by atoms with van der Waals surface area (Å²) in [4.78, 5) is 3.82. The highest BCUT2D eigenvalue weighted by atomic mass is 15.6. The van der Waals surface area contributed by atoms with Gasteiger partial charge in [-0.25, -0.2) is 0 Å². The highest BCUT2D eigenvalue weighted by Gasteiger charge is 2.27. The van der Waals surface area contributed by atoms with Crippen molar-refractivity contribution in [2.45, 2.75) is 6.04 Å². The third-order valence-corrected chi connectivity index (χ3v) is 3.64. The molecule has 0 aliphatic carbocycles. The van der Waals surface area contributed by atoms with Gasteiger partial charge in [-0.2, -0.15) is 10.1 Å². The molecule has 7 nitrogen and oxygen atoms in total. The van der Waals surface area contributed by atoms with Crippen molar-refractivity contribution >= 4 is 0 Å². The summed E-state index contributed by atoms with van der Waals surface area (Å²) >= 11 is 0. The van der Waals surface area contributed by atoms with Crippen molar-refractivity contribution < 1.29 is 0 Å². The van der Waals surface area contributed by atoms with Gasteiger partial charge in [0.05, 0.1) is 24.7 Å². The molecule has 0 amide bonds. The number of hydrogen-bond acceptors (Lipinski definition) is 6. The molecule has 1 saturated heterocycles. The Hall–Kier alpha value is -2.30. The highest BCUT2D eigenvalue weighted by molar-refractivity contribution is 5.34. The molecule has 1 N–H and O–H groups in total. The Kier molecular flexibility index (Phi) is 3.90. The number of aryl methyl sites for hydroxylation is 1. The Balaban J connectivity index is 1.96. The maximum atomic E-state index is 8.93. The van der Waals surface area contributed by atoms with Crippen LogP contribution in [0.1, 0.15) is 23.0 Å². The summed E-state index contributed by atoms with van der Waals surface area (Å²) in [6.45, 7) is 3.77. The Morgan fingerprint density at radius 1 is 1.24 bits per heavy atom. The van der Waals surface area contributed by atoms with E-state index in [0.717, 1.165) is 31.7 Å². The minimum absolute atomic E-state index is 0.0199. The number of hydrogen-bond donors (Lipinski definition) is 1. The molecule has 1 aromatic carbocycles. The second-order valence-electron chi connectivity index (χ2n) is 5.06. The summed E-state index contributed by atoms with van der Waals surface area (Å²) in [6.07, 6.45) is 0. The lowest BCUT2D eigenvalue weighted by Gasteiger charge is -2.33. The van der Waals surface area contributed by atoms with Crippen LogP contribution in [-0.2, 0) is 7.05 Å². The lowest BCUT2D eigenvalue weighted by molar-refractivity contribution is 0.192. The fourth-order valence-corrected chi connectivity index (χ4v) is 2.61. The molecule has 2 aromatic rings. The number of benzene rings is 1. The molecule has 1 aliphatic rings. The fourth-order valence-electron chi connectivity index (χ4n) is 2.61. The molecule has 0 spiro atoms. The van der Waals surface area contributed by atoms with Gasteiger partial charge in [-0.3, -0.25) is 4.90 Å². The van der Waals surface area contributed by atoms with E-state index in [1.165, 1.54) is 4.80 Å². The van der Waals surface area contributed by atoms with Gasteiger partial charge in [-0.15, -0.1) is 10.2 Å². The first-order chi connectivity index (χ1) is 10.3. The van der Waals surface area contributed by atoms with Crippen LogP contribution in [0, 0.1) is 11.3 Å². The SMILES string of the molecule is Cn1nnc(C(c2ccc(C#N)cc2)N2CCNCC2)n1. The molecule has 1 aliphatic heterocycles. The standard InChI is InChI=1S/C14H17N7/c1-20-18-14(17-19-20)13(21-8-6-16-7-9-21)12-4-2-11(10-15)3-5-12/h2-5,13,16H,6-9H2,1H3. The predicted octanol–water partition coefficient (Wildman–Crippen LogP) is 0.0764. The Morgan fingerprint density at radius 2 is 1.95 bits per heavy atom. The van der Waals surface area contributed by atoms with E-state index in [4.69, 9.17) is 5.26 Å². The Bertz CT molecular complexity index is 634. The van der Waals surface area contributed by atoms with Gasteiger partial charge in [0.25, 0.3) is 0 Å². The van der Waals surface area contributed by atoms with Gasteiger partial charge in [-0.1, -0.05) is 12.1 Å². The zero-order valence-electron chi connectivity index (χ0n) is 11.9. The van der Waals surface area contributed by atoms with E-state index in [-0.39, 0.29) is 6.04 Å².